The van der Waals surface area contributed by atoms with Gasteiger partial charge < -0.3 is 0 Å². The summed E-state index contributed by atoms with van der Waals surface area (Å²) in [6.45, 7) is 6.02. The van der Waals surface area contributed by atoms with Gasteiger partial charge in [0, 0.05) is 12.3 Å². The van der Waals surface area contributed by atoms with E-state index in [1.54, 1.807) is 0 Å². The van der Waals surface area contributed by atoms with Crippen molar-refractivity contribution in [3.05, 3.63) is 12.7 Å². The number of unbranched alkanes of at least 4 members (excludes halogenated alkanes) is 1. The number of hydrogen-bond donors (Lipinski definition) is 0. The van der Waals surface area contributed by atoms with Crippen LogP contribution in [0, 0.1) is 11.8 Å². The maximum absolute atomic E-state index is 11.7. The second kappa shape index (κ2) is 6.00. The molecule has 0 aromatic heterocycles. The van der Waals surface area contributed by atoms with Crippen molar-refractivity contribution in [2.45, 2.75) is 51.9 Å². The van der Waals surface area contributed by atoms with E-state index in [2.05, 4.69) is 13.5 Å². The van der Waals surface area contributed by atoms with Gasteiger partial charge in [-0.1, -0.05) is 32.3 Å². The molecule has 2 atom stereocenters. The van der Waals surface area contributed by atoms with Crippen LogP contribution in [-0.4, -0.2) is 5.78 Å². The van der Waals surface area contributed by atoms with Crippen LogP contribution >= 0.6 is 0 Å². The lowest BCUT2D eigenvalue weighted by molar-refractivity contribution is -0.122. The zero-order chi connectivity index (χ0) is 10.4. The van der Waals surface area contributed by atoms with Gasteiger partial charge in [0.1, 0.15) is 5.78 Å². The Labute approximate surface area is 87.6 Å². The first-order valence-electron chi connectivity index (χ1n) is 5.94. The molecule has 1 aliphatic rings. The lowest BCUT2D eigenvalue weighted by Gasteiger charge is -2.20. The maximum atomic E-state index is 11.7. The summed E-state index contributed by atoms with van der Waals surface area (Å²) < 4.78 is 0. The largest absolute Gasteiger partial charge is 0.299 e. The van der Waals surface area contributed by atoms with E-state index in [1.165, 1.54) is 32.1 Å². The first-order chi connectivity index (χ1) is 6.79. The van der Waals surface area contributed by atoms with Crippen molar-refractivity contribution >= 4 is 5.78 Å². The topological polar surface area (TPSA) is 17.1 Å². The number of rotatable bonds is 4. The highest BCUT2D eigenvalue weighted by Gasteiger charge is 2.26. The third-order valence-corrected chi connectivity index (χ3v) is 3.31. The Bertz CT molecular complexity index is 195. The third kappa shape index (κ3) is 2.97. The van der Waals surface area contributed by atoms with Gasteiger partial charge in [-0.05, 0) is 25.2 Å². The van der Waals surface area contributed by atoms with Gasteiger partial charge in [-0.15, -0.1) is 6.58 Å². The van der Waals surface area contributed by atoms with Gasteiger partial charge in [-0.2, -0.15) is 0 Å². The fourth-order valence-corrected chi connectivity index (χ4v) is 2.43. The zero-order valence-corrected chi connectivity index (χ0v) is 9.30. The van der Waals surface area contributed by atoms with E-state index in [-0.39, 0.29) is 5.92 Å². The Morgan fingerprint density at radius 3 is 2.93 bits per heavy atom. The molecule has 0 spiro atoms. The van der Waals surface area contributed by atoms with Gasteiger partial charge in [0.05, 0.1) is 0 Å². The van der Waals surface area contributed by atoms with Crippen LogP contribution in [0.3, 0.4) is 0 Å². The highest BCUT2D eigenvalue weighted by molar-refractivity contribution is 5.83. The Hall–Kier alpha value is -0.590. The highest BCUT2D eigenvalue weighted by atomic mass is 16.1. The molecule has 0 aliphatic heterocycles. The number of carbonyl (C=O) groups excluding carboxylic acids is 1. The minimum Gasteiger partial charge on any atom is -0.299 e. The van der Waals surface area contributed by atoms with Gasteiger partial charge in [0.15, 0.2) is 0 Å². The van der Waals surface area contributed by atoms with Crippen molar-refractivity contribution in [1.29, 1.82) is 0 Å². The van der Waals surface area contributed by atoms with Gasteiger partial charge in [-0.25, -0.2) is 0 Å². The van der Waals surface area contributed by atoms with Crippen molar-refractivity contribution in [2.24, 2.45) is 11.8 Å². The molecule has 0 aromatic carbocycles. The van der Waals surface area contributed by atoms with Crippen LogP contribution in [0.1, 0.15) is 51.9 Å². The predicted octanol–water partition coefficient (Wildman–Crippen LogP) is 3.74. The Kier molecular flexibility index (Phi) is 4.92. The number of Topliss-reactive ketones (excluding diaryl/α,β-unsaturated/α-hetero) is 1. The molecule has 1 heteroatoms. The molecule has 0 N–H and O–H groups in total. The van der Waals surface area contributed by atoms with E-state index in [0.29, 0.717) is 11.7 Å². The van der Waals surface area contributed by atoms with E-state index in [0.717, 1.165) is 12.8 Å². The molecule has 80 valence electrons. The Morgan fingerprint density at radius 2 is 2.29 bits per heavy atom. The van der Waals surface area contributed by atoms with Crippen molar-refractivity contribution in [2.75, 3.05) is 0 Å². The van der Waals surface area contributed by atoms with Crippen LogP contribution in [0.15, 0.2) is 12.7 Å². The predicted molar refractivity (Wildman–Crippen MR) is 60.2 cm³/mol. The fourth-order valence-electron chi connectivity index (χ4n) is 2.43. The summed E-state index contributed by atoms with van der Waals surface area (Å²) in [5, 5.41) is 0. The molecule has 0 aromatic rings. The summed E-state index contributed by atoms with van der Waals surface area (Å²) in [5.74, 6) is 1.17. The number of carbonyl (C=O) groups is 1. The van der Waals surface area contributed by atoms with E-state index in [9.17, 15) is 4.79 Å². The molecule has 1 rings (SSSR count). The first kappa shape index (κ1) is 11.5. The molecule has 0 saturated heterocycles. The fraction of sp³-hybridized carbons (Fsp3) is 0.769. The monoisotopic (exact) mass is 194 g/mol. The minimum absolute atomic E-state index is 0.157. The molecule has 0 heterocycles. The Morgan fingerprint density at radius 1 is 1.50 bits per heavy atom. The SMILES string of the molecule is C=C[C@H]1C(=O)CCCC[C@@H]1CCCC. The van der Waals surface area contributed by atoms with Crippen LogP contribution in [0.2, 0.25) is 0 Å². The third-order valence-electron chi connectivity index (χ3n) is 3.31. The average molecular weight is 194 g/mol. The molecule has 14 heavy (non-hydrogen) atoms. The maximum Gasteiger partial charge on any atom is 0.139 e. The molecule has 1 fully saturated rings. The molecular weight excluding hydrogens is 172 g/mol. The second-order valence-electron chi connectivity index (χ2n) is 4.38. The normalized spacial score (nSPS) is 28.5. The smallest absolute Gasteiger partial charge is 0.139 e. The lowest BCUT2D eigenvalue weighted by atomic mass is 9.84. The molecule has 1 aliphatic carbocycles. The van der Waals surface area contributed by atoms with Crippen molar-refractivity contribution in [1.82, 2.24) is 0 Å². The van der Waals surface area contributed by atoms with Crippen molar-refractivity contribution < 1.29 is 4.79 Å². The molecular formula is C13H22O. The minimum atomic E-state index is 0.157. The number of allylic oxidation sites excluding steroid dienone is 1. The molecule has 0 bridgehead atoms. The van der Waals surface area contributed by atoms with E-state index in [1.807, 2.05) is 6.08 Å². The van der Waals surface area contributed by atoms with E-state index >= 15 is 0 Å². The van der Waals surface area contributed by atoms with Gasteiger partial charge in [0.25, 0.3) is 0 Å². The summed E-state index contributed by atoms with van der Waals surface area (Å²) in [7, 11) is 0. The summed E-state index contributed by atoms with van der Waals surface area (Å²) in [4.78, 5) is 11.7. The van der Waals surface area contributed by atoms with Crippen molar-refractivity contribution in [3.63, 3.8) is 0 Å². The zero-order valence-electron chi connectivity index (χ0n) is 9.30. The van der Waals surface area contributed by atoms with Gasteiger partial charge in [-0.3, -0.25) is 4.79 Å². The lowest BCUT2D eigenvalue weighted by Crippen LogP contribution is -2.19. The number of hydrogen-bond acceptors (Lipinski definition) is 1. The Balaban J connectivity index is 2.57. The summed E-state index contributed by atoms with van der Waals surface area (Å²) >= 11 is 0. The summed E-state index contributed by atoms with van der Waals surface area (Å²) in [5.41, 5.74) is 0. The van der Waals surface area contributed by atoms with Crippen LogP contribution in [0.25, 0.3) is 0 Å². The highest BCUT2D eigenvalue weighted by Crippen LogP contribution is 2.30. The summed E-state index contributed by atoms with van der Waals surface area (Å²) in [6.07, 6.45) is 9.89. The molecule has 0 amide bonds. The molecule has 0 unspecified atom stereocenters. The van der Waals surface area contributed by atoms with Crippen LogP contribution < -0.4 is 0 Å². The summed E-state index contributed by atoms with van der Waals surface area (Å²) in [6, 6.07) is 0. The quantitative estimate of drug-likeness (QED) is 0.492. The molecule has 1 nitrogen and oxygen atoms in total. The molecule has 0 radical (unpaired) electrons. The van der Waals surface area contributed by atoms with Crippen LogP contribution in [0.5, 0.6) is 0 Å². The molecule has 1 saturated carbocycles. The average Bonchev–Trinajstić information content (AvgIpc) is 2.36. The van der Waals surface area contributed by atoms with Crippen LogP contribution in [0.4, 0.5) is 0 Å². The van der Waals surface area contributed by atoms with Crippen molar-refractivity contribution in [3.8, 4) is 0 Å². The van der Waals surface area contributed by atoms with E-state index in [4.69, 9.17) is 0 Å². The van der Waals surface area contributed by atoms with Crippen LogP contribution in [-0.2, 0) is 4.79 Å². The van der Waals surface area contributed by atoms with Gasteiger partial charge in [0.2, 0.25) is 0 Å². The number of ketones is 1. The first-order valence-corrected chi connectivity index (χ1v) is 5.94. The second-order valence-corrected chi connectivity index (χ2v) is 4.38. The van der Waals surface area contributed by atoms with Gasteiger partial charge >= 0.3 is 0 Å². The van der Waals surface area contributed by atoms with E-state index < -0.39 is 0 Å². The standard InChI is InChI=1S/C13H22O/c1-3-5-8-11-9-6-7-10-13(14)12(11)4-2/h4,11-12H,2-3,5-10H2,1H3/t11-,12+/m0/s1.